The van der Waals surface area contributed by atoms with Crippen LogP contribution in [0.1, 0.15) is 22.3 Å². The Labute approximate surface area is 174 Å². The summed E-state index contributed by atoms with van der Waals surface area (Å²) < 4.78 is 20.4. The molecule has 0 saturated carbocycles. The van der Waals surface area contributed by atoms with Gasteiger partial charge in [0, 0.05) is 44.5 Å². The Morgan fingerprint density at radius 2 is 2.27 bits per heavy atom. The van der Waals surface area contributed by atoms with Crippen molar-refractivity contribution in [2.24, 2.45) is 0 Å². The van der Waals surface area contributed by atoms with E-state index >= 15 is 4.39 Å². The Morgan fingerprint density at radius 3 is 3.03 bits per heavy atom. The summed E-state index contributed by atoms with van der Waals surface area (Å²) in [5, 5.41) is 6.71. The van der Waals surface area contributed by atoms with E-state index in [9.17, 15) is 4.79 Å². The highest BCUT2D eigenvalue weighted by atomic mass is 19.1. The van der Waals surface area contributed by atoms with Gasteiger partial charge in [0.25, 0.3) is 5.91 Å². The van der Waals surface area contributed by atoms with Crippen LogP contribution in [0.15, 0.2) is 42.7 Å². The Morgan fingerprint density at radius 1 is 1.40 bits per heavy atom. The lowest BCUT2D eigenvalue weighted by Crippen LogP contribution is -2.47. The highest BCUT2D eigenvalue weighted by molar-refractivity contribution is 6.06. The van der Waals surface area contributed by atoms with Crippen LogP contribution in [0.5, 0.6) is 5.75 Å². The van der Waals surface area contributed by atoms with Crippen LogP contribution in [0.25, 0.3) is 11.0 Å². The molecule has 3 heterocycles. The fourth-order valence-electron chi connectivity index (χ4n) is 3.96. The number of amides is 1. The minimum absolute atomic E-state index is 0.251. The van der Waals surface area contributed by atoms with Crippen molar-refractivity contribution in [3.8, 4) is 5.75 Å². The van der Waals surface area contributed by atoms with Crippen molar-refractivity contribution in [2.75, 3.05) is 32.6 Å². The molecule has 4 rings (SSSR count). The molecule has 7 nitrogen and oxygen atoms in total. The number of aromatic amines is 1. The third-order valence-corrected chi connectivity index (χ3v) is 5.55. The van der Waals surface area contributed by atoms with Crippen LogP contribution in [0.2, 0.25) is 0 Å². The van der Waals surface area contributed by atoms with Crippen LogP contribution in [-0.4, -0.2) is 60.2 Å². The molecule has 1 aliphatic rings. The van der Waals surface area contributed by atoms with Gasteiger partial charge < -0.3 is 20.4 Å². The number of nitrogens with one attached hydrogen (secondary N) is 3. The minimum atomic E-state index is -1.07. The number of ether oxygens (including phenoxy) is 1. The normalized spacial score (nSPS) is 19.6. The molecule has 0 radical (unpaired) electrons. The molecular weight excluding hydrogens is 385 g/mol. The van der Waals surface area contributed by atoms with Gasteiger partial charge in [-0.1, -0.05) is 12.1 Å². The predicted octanol–water partition coefficient (Wildman–Crippen LogP) is 2.96. The van der Waals surface area contributed by atoms with E-state index in [0.29, 0.717) is 36.4 Å². The third kappa shape index (κ3) is 4.09. The summed E-state index contributed by atoms with van der Waals surface area (Å²) in [7, 11) is 3.21. The molecule has 1 aliphatic heterocycles. The Bertz CT molecular complexity index is 1040. The first-order valence-corrected chi connectivity index (χ1v) is 10.0. The summed E-state index contributed by atoms with van der Waals surface area (Å²) in [4.78, 5) is 21.8. The molecule has 2 atom stereocenters. The number of hydrogen-bond donors (Lipinski definition) is 3. The van der Waals surface area contributed by atoms with Crippen molar-refractivity contribution in [1.29, 1.82) is 0 Å². The summed E-state index contributed by atoms with van der Waals surface area (Å²) in [6, 6.07) is 9.32. The number of benzene rings is 1. The lowest BCUT2D eigenvalue weighted by atomic mass is 10.0. The second-order valence-electron chi connectivity index (χ2n) is 7.51. The van der Waals surface area contributed by atoms with E-state index in [1.165, 1.54) is 6.20 Å². The van der Waals surface area contributed by atoms with Crippen molar-refractivity contribution < 1.29 is 13.9 Å². The number of nitrogens with zero attached hydrogens (tertiary/aromatic N) is 2. The third-order valence-electron chi connectivity index (χ3n) is 5.55. The highest BCUT2D eigenvalue weighted by Crippen LogP contribution is 2.29. The maximum absolute atomic E-state index is 15.1. The fraction of sp³-hybridized carbons (Fsp3) is 0.364. The number of methoxy groups -OCH3 is 1. The smallest absolute Gasteiger partial charge is 0.254 e. The fourth-order valence-corrected chi connectivity index (χ4v) is 3.96. The van der Waals surface area contributed by atoms with Crippen LogP contribution in [0.3, 0.4) is 0 Å². The number of piperidine rings is 1. The second-order valence-corrected chi connectivity index (χ2v) is 7.51. The summed E-state index contributed by atoms with van der Waals surface area (Å²) in [6.45, 7) is 1.75. The van der Waals surface area contributed by atoms with Gasteiger partial charge in [0.15, 0.2) is 0 Å². The number of likely N-dealkylation sites (tertiary alicyclic amines) is 1. The van der Waals surface area contributed by atoms with Gasteiger partial charge >= 0.3 is 0 Å². The molecule has 0 bridgehead atoms. The predicted molar refractivity (Wildman–Crippen MR) is 115 cm³/mol. The van der Waals surface area contributed by atoms with E-state index in [4.69, 9.17) is 4.74 Å². The zero-order chi connectivity index (χ0) is 21.1. The van der Waals surface area contributed by atoms with Crippen LogP contribution >= 0.6 is 0 Å². The Hall–Kier alpha value is -3.13. The molecule has 0 spiro atoms. The number of fused-ring (bicyclic) bond motifs is 1. The van der Waals surface area contributed by atoms with Crippen molar-refractivity contribution in [2.45, 2.75) is 25.2 Å². The number of rotatable bonds is 6. The monoisotopic (exact) mass is 411 g/mol. The van der Waals surface area contributed by atoms with E-state index < -0.39 is 6.17 Å². The molecule has 158 valence electrons. The summed E-state index contributed by atoms with van der Waals surface area (Å²) in [5.41, 5.74) is 2.79. The molecular formula is C22H26FN5O2. The second kappa shape index (κ2) is 8.71. The zero-order valence-corrected chi connectivity index (χ0v) is 17.1. The first-order valence-electron chi connectivity index (χ1n) is 10.0. The van der Waals surface area contributed by atoms with Gasteiger partial charge in [0.05, 0.1) is 24.4 Å². The van der Waals surface area contributed by atoms with Crippen LogP contribution in [-0.2, 0) is 6.54 Å². The number of anilines is 1. The largest absolute Gasteiger partial charge is 0.497 e. The molecule has 3 N–H and O–H groups in total. The molecule has 1 amide bonds. The molecule has 3 aromatic rings. The Kier molecular flexibility index (Phi) is 5.85. The molecule has 8 heteroatoms. The maximum atomic E-state index is 15.1. The quantitative estimate of drug-likeness (QED) is 0.581. The van der Waals surface area contributed by atoms with E-state index in [0.717, 1.165) is 23.2 Å². The number of carbonyl (C=O) groups excluding carboxylic acids is 1. The molecule has 1 fully saturated rings. The van der Waals surface area contributed by atoms with E-state index in [1.807, 2.05) is 30.3 Å². The van der Waals surface area contributed by atoms with E-state index in [1.54, 1.807) is 20.4 Å². The number of carbonyl (C=O) groups is 1. The summed E-state index contributed by atoms with van der Waals surface area (Å²) in [5.74, 6) is 0.551. The number of H-pyrrole nitrogens is 1. The van der Waals surface area contributed by atoms with Crippen molar-refractivity contribution in [3.05, 3.63) is 53.9 Å². The van der Waals surface area contributed by atoms with E-state index in [2.05, 4.69) is 25.5 Å². The van der Waals surface area contributed by atoms with Gasteiger partial charge in [-0.3, -0.25) is 9.69 Å². The first-order chi connectivity index (χ1) is 14.6. The number of pyridine rings is 1. The van der Waals surface area contributed by atoms with Crippen molar-refractivity contribution in [3.63, 3.8) is 0 Å². The van der Waals surface area contributed by atoms with Gasteiger partial charge in [-0.15, -0.1) is 0 Å². The molecule has 30 heavy (non-hydrogen) atoms. The zero-order valence-electron chi connectivity index (χ0n) is 17.1. The van der Waals surface area contributed by atoms with Crippen LogP contribution in [0.4, 0.5) is 10.1 Å². The van der Waals surface area contributed by atoms with Gasteiger partial charge in [-0.25, -0.2) is 9.37 Å². The molecule has 1 aromatic carbocycles. The summed E-state index contributed by atoms with van der Waals surface area (Å²) >= 11 is 0. The molecule has 1 saturated heterocycles. The molecule has 0 aliphatic carbocycles. The lowest BCUT2D eigenvalue weighted by molar-refractivity contribution is 0.0962. The van der Waals surface area contributed by atoms with Crippen LogP contribution < -0.4 is 15.4 Å². The average Bonchev–Trinajstić information content (AvgIpc) is 3.24. The average molecular weight is 411 g/mol. The lowest BCUT2D eigenvalue weighted by Gasteiger charge is -2.36. The van der Waals surface area contributed by atoms with Gasteiger partial charge in [-0.05, 0) is 30.2 Å². The standard InChI is InChI=1S/C22H26FN5O2/c1-24-22(29)17-11-26-21-16(6-8-25-21)20(17)27-19-7-9-28(13-18(19)23)12-14-4-3-5-15(10-14)30-2/h3-6,8,10-11,18-19H,7,9,12-13H2,1-2H3,(H,24,29)(H2,25,26,27)/t18-,19+/m0/s1. The van der Waals surface area contributed by atoms with Gasteiger partial charge in [0.1, 0.15) is 17.6 Å². The number of aromatic nitrogens is 2. The first kappa shape index (κ1) is 20.2. The Balaban J connectivity index is 1.48. The minimum Gasteiger partial charge on any atom is -0.497 e. The SMILES string of the molecule is CNC(=O)c1cnc2[nH]ccc2c1N[C@@H]1CCN(Cc2cccc(OC)c2)C[C@@H]1F. The van der Waals surface area contributed by atoms with E-state index in [-0.39, 0.29) is 11.9 Å². The summed E-state index contributed by atoms with van der Waals surface area (Å²) in [6.07, 6.45) is 2.85. The van der Waals surface area contributed by atoms with Gasteiger partial charge in [-0.2, -0.15) is 0 Å². The highest BCUT2D eigenvalue weighted by Gasteiger charge is 2.30. The van der Waals surface area contributed by atoms with Crippen molar-refractivity contribution >= 4 is 22.6 Å². The number of hydrogen-bond acceptors (Lipinski definition) is 5. The number of alkyl halides is 1. The molecule has 2 aromatic heterocycles. The molecule has 0 unspecified atom stereocenters. The van der Waals surface area contributed by atoms with Gasteiger partial charge in [0.2, 0.25) is 0 Å². The van der Waals surface area contributed by atoms with Crippen LogP contribution in [0, 0.1) is 0 Å². The van der Waals surface area contributed by atoms with Crippen molar-refractivity contribution in [1.82, 2.24) is 20.2 Å². The topological polar surface area (TPSA) is 82.3 Å². The maximum Gasteiger partial charge on any atom is 0.254 e. The number of halogens is 1.